The standard InChI is InChI=1S/C27H25ClN4O2/c1-19-6-9-23(28)17-25(19)30-12-14-31(15-13-30)27(34)18-32-26(33)11-10-24(29-32)22-8-7-20-4-2-3-5-21(20)16-22/h2-11,16-17H,12-15,18H2,1H3. The van der Waals surface area contributed by atoms with Crippen molar-refractivity contribution in [3.05, 3.63) is 93.7 Å². The Morgan fingerprint density at radius 2 is 1.68 bits per heavy atom. The smallest absolute Gasteiger partial charge is 0.267 e. The number of nitrogens with zero attached hydrogens (tertiary/aromatic N) is 4. The number of carbonyl (C=O) groups excluding carboxylic acids is 1. The van der Waals surface area contributed by atoms with Crippen LogP contribution in [0.4, 0.5) is 5.69 Å². The van der Waals surface area contributed by atoms with Crippen LogP contribution in [0.1, 0.15) is 5.56 Å². The van der Waals surface area contributed by atoms with Crippen LogP contribution < -0.4 is 10.5 Å². The SMILES string of the molecule is Cc1ccc(Cl)cc1N1CCN(C(=O)Cn2nc(-c3ccc4ccccc4c3)ccc2=O)CC1. The molecule has 1 aromatic heterocycles. The summed E-state index contributed by atoms with van der Waals surface area (Å²) < 4.78 is 1.26. The van der Waals surface area contributed by atoms with Crippen LogP contribution in [0.5, 0.6) is 0 Å². The minimum Gasteiger partial charge on any atom is -0.368 e. The first-order valence-corrected chi connectivity index (χ1v) is 11.7. The van der Waals surface area contributed by atoms with E-state index in [1.807, 2.05) is 54.6 Å². The summed E-state index contributed by atoms with van der Waals surface area (Å²) in [5.41, 5.74) is 3.54. The highest BCUT2D eigenvalue weighted by Gasteiger charge is 2.23. The second-order valence-electron chi connectivity index (χ2n) is 8.58. The molecule has 1 aliphatic heterocycles. The quantitative estimate of drug-likeness (QED) is 0.442. The molecule has 1 aliphatic rings. The molecular formula is C27H25ClN4O2. The summed E-state index contributed by atoms with van der Waals surface area (Å²) in [7, 11) is 0. The Hall–Kier alpha value is -3.64. The number of carbonyl (C=O) groups is 1. The monoisotopic (exact) mass is 472 g/mol. The van der Waals surface area contributed by atoms with Crippen LogP contribution in [0, 0.1) is 6.92 Å². The fourth-order valence-electron chi connectivity index (χ4n) is 4.41. The van der Waals surface area contributed by atoms with E-state index in [2.05, 4.69) is 23.0 Å². The average molecular weight is 473 g/mol. The third-order valence-corrected chi connectivity index (χ3v) is 6.58. The number of amides is 1. The molecule has 0 unspecified atom stereocenters. The van der Waals surface area contributed by atoms with Crippen molar-refractivity contribution < 1.29 is 4.79 Å². The lowest BCUT2D eigenvalue weighted by atomic mass is 10.1. The molecule has 6 nitrogen and oxygen atoms in total. The molecule has 1 amide bonds. The van der Waals surface area contributed by atoms with Gasteiger partial charge in [0.15, 0.2) is 0 Å². The van der Waals surface area contributed by atoms with Gasteiger partial charge in [-0.2, -0.15) is 5.10 Å². The molecule has 172 valence electrons. The summed E-state index contributed by atoms with van der Waals surface area (Å²) >= 11 is 6.18. The second kappa shape index (κ2) is 9.31. The van der Waals surface area contributed by atoms with Crippen LogP contribution in [0.2, 0.25) is 5.02 Å². The van der Waals surface area contributed by atoms with Crippen LogP contribution in [0.15, 0.2) is 77.6 Å². The first kappa shape index (κ1) is 22.2. The van der Waals surface area contributed by atoms with Crippen molar-refractivity contribution in [3.63, 3.8) is 0 Å². The van der Waals surface area contributed by atoms with E-state index < -0.39 is 0 Å². The predicted molar refractivity (Wildman–Crippen MR) is 136 cm³/mol. The van der Waals surface area contributed by atoms with E-state index in [0.29, 0.717) is 36.9 Å². The lowest BCUT2D eigenvalue weighted by molar-refractivity contribution is -0.132. The molecule has 34 heavy (non-hydrogen) atoms. The highest BCUT2D eigenvalue weighted by atomic mass is 35.5. The molecule has 0 atom stereocenters. The average Bonchev–Trinajstić information content (AvgIpc) is 2.86. The Kier molecular flexibility index (Phi) is 6.07. The Morgan fingerprint density at radius 3 is 2.47 bits per heavy atom. The summed E-state index contributed by atoms with van der Waals surface area (Å²) in [6.45, 7) is 4.59. The van der Waals surface area contributed by atoms with E-state index in [1.54, 1.807) is 11.0 Å². The van der Waals surface area contributed by atoms with Crippen molar-refractivity contribution in [1.29, 1.82) is 0 Å². The summed E-state index contributed by atoms with van der Waals surface area (Å²) in [4.78, 5) is 29.5. The third-order valence-electron chi connectivity index (χ3n) is 6.34. The molecule has 3 aromatic carbocycles. The van der Waals surface area contributed by atoms with E-state index in [0.717, 1.165) is 27.6 Å². The predicted octanol–water partition coefficient (Wildman–Crippen LogP) is 4.37. The first-order chi connectivity index (χ1) is 16.5. The van der Waals surface area contributed by atoms with Gasteiger partial charge in [0.1, 0.15) is 6.54 Å². The van der Waals surface area contributed by atoms with E-state index in [9.17, 15) is 9.59 Å². The van der Waals surface area contributed by atoms with Crippen molar-refractivity contribution in [3.8, 4) is 11.3 Å². The zero-order valence-corrected chi connectivity index (χ0v) is 19.7. The molecule has 0 spiro atoms. The maximum Gasteiger partial charge on any atom is 0.267 e. The summed E-state index contributed by atoms with van der Waals surface area (Å²) in [6.07, 6.45) is 0. The van der Waals surface area contributed by atoms with Gasteiger partial charge in [0, 0.05) is 48.5 Å². The molecular weight excluding hydrogens is 448 g/mol. The number of halogens is 1. The number of aromatic nitrogens is 2. The topological polar surface area (TPSA) is 58.4 Å². The van der Waals surface area contributed by atoms with Crippen molar-refractivity contribution in [2.45, 2.75) is 13.5 Å². The fourth-order valence-corrected chi connectivity index (χ4v) is 4.58. The number of fused-ring (bicyclic) bond motifs is 1. The van der Waals surface area contributed by atoms with Gasteiger partial charge in [-0.05, 0) is 47.5 Å². The van der Waals surface area contributed by atoms with Gasteiger partial charge >= 0.3 is 0 Å². The molecule has 2 heterocycles. The van der Waals surface area contributed by atoms with E-state index in [1.165, 1.54) is 10.7 Å². The first-order valence-electron chi connectivity index (χ1n) is 11.3. The van der Waals surface area contributed by atoms with E-state index in [-0.39, 0.29) is 18.0 Å². The van der Waals surface area contributed by atoms with Crippen LogP contribution in [-0.4, -0.2) is 46.8 Å². The minimum atomic E-state index is -0.286. The Bertz CT molecular complexity index is 1420. The number of hydrogen-bond acceptors (Lipinski definition) is 4. The summed E-state index contributed by atoms with van der Waals surface area (Å²) in [5, 5.41) is 7.45. The van der Waals surface area contributed by atoms with Gasteiger partial charge in [0.2, 0.25) is 5.91 Å². The molecule has 0 saturated carbocycles. The lowest BCUT2D eigenvalue weighted by Crippen LogP contribution is -2.50. The Labute approximate surface area is 203 Å². The van der Waals surface area contributed by atoms with Crippen LogP contribution >= 0.6 is 11.6 Å². The molecule has 7 heteroatoms. The maximum absolute atomic E-state index is 13.0. The van der Waals surface area contributed by atoms with Gasteiger partial charge in [-0.3, -0.25) is 9.59 Å². The summed E-state index contributed by atoms with van der Waals surface area (Å²) in [6, 6.07) is 23.2. The molecule has 0 bridgehead atoms. The number of aryl methyl sites for hydroxylation is 1. The highest BCUT2D eigenvalue weighted by Crippen LogP contribution is 2.25. The maximum atomic E-state index is 13.0. The fraction of sp³-hybridized carbons (Fsp3) is 0.222. The van der Waals surface area contributed by atoms with Gasteiger partial charge in [0.25, 0.3) is 5.56 Å². The molecule has 4 aromatic rings. The van der Waals surface area contributed by atoms with Crippen molar-refractivity contribution in [1.82, 2.24) is 14.7 Å². The normalized spacial score (nSPS) is 13.9. The number of benzene rings is 3. The van der Waals surface area contributed by atoms with E-state index >= 15 is 0 Å². The van der Waals surface area contributed by atoms with Gasteiger partial charge in [-0.25, -0.2) is 4.68 Å². The number of piperazine rings is 1. The number of anilines is 1. The largest absolute Gasteiger partial charge is 0.368 e. The number of rotatable bonds is 4. The van der Waals surface area contributed by atoms with Gasteiger partial charge in [-0.15, -0.1) is 0 Å². The summed E-state index contributed by atoms with van der Waals surface area (Å²) in [5.74, 6) is -0.104. The third kappa shape index (κ3) is 4.54. The molecule has 1 fully saturated rings. The van der Waals surface area contributed by atoms with Crippen LogP contribution in [-0.2, 0) is 11.3 Å². The zero-order chi connectivity index (χ0) is 23.7. The second-order valence-corrected chi connectivity index (χ2v) is 9.01. The van der Waals surface area contributed by atoms with Crippen LogP contribution in [0.25, 0.3) is 22.0 Å². The van der Waals surface area contributed by atoms with Crippen molar-refractivity contribution in [2.75, 3.05) is 31.1 Å². The molecule has 1 saturated heterocycles. The molecule has 0 aliphatic carbocycles. The minimum absolute atomic E-state index is 0.0730. The Balaban J connectivity index is 1.29. The van der Waals surface area contributed by atoms with E-state index in [4.69, 9.17) is 11.6 Å². The van der Waals surface area contributed by atoms with Gasteiger partial charge in [-0.1, -0.05) is 54.1 Å². The molecule has 0 radical (unpaired) electrons. The zero-order valence-electron chi connectivity index (χ0n) is 18.9. The van der Waals surface area contributed by atoms with Crippen molar-refractivity contribution >= 4 is 34.0 Å². The van der Waals surface area contributed by atoms with Gasteiger partial charge < -0.3 is 9.80 Å². The lowest BCUT2D eigenvalue weighted by Gasteiger charge is -2.37. The molecule has 0 N–H and O–H groups in total. The molecule has 5 rings (SSSR count). The Morgan fingerprint density at radius 1 is 0.912 bits per heavy atom. The highest BCUT2D eigenvalue weighted by molar-refractivity contribution is 6.30. The van der Waals surface area contributed by atoms with Crippen molar-refractivity contribution in [2.24, 2.45) is 0 Å². The van der Waals surface area contributed by atoms with Crippen LogP contribution in [0.3, 0.4) is 0 Å². The van der Waals surface area contributed by atoms with Gasteiger partial charge in [0.05, 0.1) is 5.69 Å². The number of hydrogen-bond donors (Lipinski definition) is 0.